The van der Waals surface area contributed by atoms with Crippen molar-refractivity contribution in [1.29, 1.82) is 0 Å². The van der Waals surface area contributed by atoms with E-state index < -0.39 is 10.0 Å². The van der Waals surface area contributed by atoms with E-state index in [1.165, 1.54) is 13.2 Å². The van der Waals surface area contributed by atoms with Gasteiger partial charge in [0.15, 0.2) is 0 Å². The Morgan fingerprint density at radius 1 is 1.33 bits per heavy atom. The van der Waals surface area contributed by atoms with Crippen molar-refractivity contribution >= 4 is 37.6 Å². The molecule has 1 aromatic carbocycles. The molecule has 21 heavy (non-hydrogen) atoms. The first kappa shape index (κ1) is 15.6. The lowest BCUT2D eigenvalue weighted by Crippen LogP contribution is -2.32. The van der Waals surface area contributed by atoms with Crippen molar-refractivity contribution in [1.82, 2.24) is 9.62 Å². The van der Waals surface area contributed by atoms with Crippen LogP contribution in [0.1, 0.15) is 0 Å². The van der Waals surface area contributed by atoms with Crippen LogP contribution in [0.25, 0.3) is 0 Å². The Bertz CT molecular complexity index is 656. The van der Waals surface area contributed by atoms with E-state index in [4.69, 9.17) is 16.3 Å². The number of nitrogens with zero attached hydrogens (tertiary/aromatic N) is 1. The number of halogens is 2. The van der Waals surface area contributed by atoms with E-state index in [1.54, 1.807) is 10.4 Å². The highest BCUT2D eigenvalue weighted by atomic mass is 79.9. The van der Waals surface area contributed by atoms with Crippen LogP contribution in [0.4, 0.5) is 0 Å². The van der Waals surface area contributed by atoms with Gasteiger partial charge in [-0.15, -0.1) is 0 Å². The van der Waals surface area contributed by atoms with E-state index in [1.807, 2.05) is 0 Å². The predicted molar refractivity (Wildman–Crippen MR) is 84.3 cm³/mol. The number of hydrogen-bond donors (Lipinski definition) is 1. The second-order valence-corrected chi connectivity index (χ2v) is 8.59. The molecule has 2 aliphatic rings. The topological polar surface area (TPSA) is 58.6 Å². The standard InChI is InChI=1S/C13H16BrClN2O3S/c1-20-12-2-10(14)13(3-11(12)15)21(18,19)17-6-8-4-16-5-9(8)7-17/h2-3,8-9,16H,4-7H2,1H3/t8-,9+. The molecule has 0 aromatic heterocycles. The van der Waals surface area contributed by atoms with Crippen LogP contribution in [0.5, 0.6) is 5.75 Å². The Hall–Kier alpha value is -0.340. The highest BCUT2D eigenvalue weighted by molar-refractivity contribution is 9.10. The van der Waals surface area contributed by atoms with Crippen molar-refractivity contribution in [3.63, 3.8) is 0 Å². The van der Waals surface area contributed by atoms with Gasteiger partial charge in [-0.1, -0.05) is 11.6 Å². The summed E-state index contributed by atoms with van der Waals surface area (Å²) in [5.74, 6) is 1.27. The molecule has 2 heterocycles. The lowest BCUT2D eigenvalue weighted by atomic mass is 10.0. The minimum atomic E-state index is -3.54. The van der Waals surface area contributed by atoms with Crippen molar-refractivity contribution in [3.05, 3.63) is 21.6 Å². The molecule has 0 spiro atoms. The monoisotopic (exact) mass is 394 g/mol. The molecule has 2 atom stereocenters. The fourth-order valence-electron chi connectivity index (χ4n) is 3.01. The quantitative estimate of drug-likeness (QED) is 0.850. The molecule has 0 bridgehead atoms. The Kier molecular flexibility index (Phi) is 4.22. The van der Waals surface area contributed by atoms with Crippen LogP contribution < -0.4 is 10.1 Å². The zero-order chi connectivity index (χ0) is 15.2. The van der Waals surface area contributed by atoms with Gasteiger partial charge in [-0.05, 0) is 53.0 Å². The molecule has 0 unspecified atom stereocenters. The minimum absolute atomic E-state index is 0.196. The summed E-state index contributed by atoms with van der Waals surface area (Å²) in [6.45, 7) is 2.91. The average molecular weight is 396 g/mol. The molecule has 3 rings (SSSR count). The number of hydrogen-bond acceptors (Lipinski definition) is 4. The Balaban J connectivity index is 1.94. The van der Waals surface area contributed by atoms with Gasteiger partial charge >= 0.3 is 0 Å². The van der Waals surface area contributed by atoms with Crippen molar-refractivity contribution in [2.45, 2.75) is 4.90 Å². The summed E-state index contributed by atoms with van der Waals surface area (Å²) >= 11 is 9.38. The molecule has 5 nitrogen and oxygen atoms in total. The maximum Gasteiger partial charge on any atom is 0.244 e. The molecule has 2 fully saturated rings. The second-order valence-electron chi connectivity index (χ2n) is 5.42. The number of nitrogens with one attached hydrogen (secondary N) is 1. The zero-order valence-corrected chi connectivity index (χ0v) is 14.6. The van der Waals surface area contributed by atoms with Gasteiger partial charge in [0.2, 0.25) is 10.0 Å². The lowest BCUT2D eigenvalue weighted by molar-refractivity contribution is 0.414. The number of methoxy groups -OCH3 is 1. The minimum Gasteiger partial charge on any atom is -0.495 e. The van der Waals surface area contributed by atoms with Crippen molar-refractivity contribution in [2.75, 3.05) is 33.3 Å². The highest BCUT2D eigenvalue weighted by Gasteiger charge is 2.42. The van der Waals surface area contributed by atoms with Gasteiger partial charge in [-0.25, -0.2) is 8.42 Å². The molecule has 2 aliphatic heterocycles. The maximum atomic E-state index is 12.8. The first-order valence-electron chi connectivity index (χ1n) is 6.67. The predicted octanol–water partition coefficient (Wildman–Crippen LogP) is 1.95. The van der Waals surface area contributed by atoms with Gasteiger partial charge in [0.25, 0.3) is 0 Å². The van der Waals surface area contributed by atoms with E-state index in [2.05, 4.69) is 21.2 Å². The molecule has 0 aliphatic carbocycles. The Morgan fingerprint density at radius 3 is 2.52 bits per heavy atom. The Morgan fingerprint density at radius 2 is 1.95 bits per heavy atom. The Labute approximate surface area is 137 Å². The molecule has 8 heteroatoms. The maximum absolute atomic E-state index is 12.8. The van der Waals surface area contributed by atoms with E-state index in [0.717, 1.165) is 13.1 Å². The molecule has 116 valence electrons. The van der Waals surface area contributed by atoms with Gasteiger partial charge in [0, 0.05) is 17.6 Å². The summed E-state index contributed by atoms with van der Waals surface area (Å²) in [5.41, 5.74) is 0. The highest BCUT2D eigenvalue weighted by Crippen LogP contribution is 2.37. The third-order valence-corrected chi connectivity index (χ3v) is 7.27. The number of ether oxygens (including phenoxy) is 1. The van der Waals surface area contributed by atoms with Gasteiger partial charge in [-0.3, -0.25) is 0 Å². The van der Waals surface area contributed by atoms with Crippen LogP contribution in [-0.2, 0) is 10.0 Å². The normalized spacial score (nSPS) is 26.0. The van der Waals surface area contributed by atoms with Crippen LogP contribution in [0.2, 0.25) is 5.02 Å². The molecule has 0 radical (unpaired) electrons. The molecule has 1 N–H and O–H groups in total. The first-order valence-corrected chi connectivity index (χ1v) is 9.28. The number of sulfonamides is 1. The third kappa shape index (κ3) is 2.70. The van der Waals surface area contributed by atoms with Crippen LogP contribution >= 0.6 is 27.5 Å². The van der Waals surface area contributed by atoms with Crippen molar-refractivity contribution in [3.8, 4) is 5.75 Å². The second kappa shape index (κ2) is 5.70. The molecular formula is C13H16BrClN2O3S. The number of fused-ring (bicyclic) bond motifs is 1. The fourth-order valence-corrected chi connectivity index (χ4v) is 5.88. The van der Waals surface area contributed by atoms with E-state index in [-0.39, 0.29) is 4.90 Å². The molecular weight excluding hydrogens is 380 g/mol. The summed E-state index contributed by atoms with van der Waals surface area (Å²) in [4.78, 5) is 0.196. The first-order chi connectivity index (χ1) is 9.93. The van der Waals surface area contributed by atoms with Gasteiger partial charge in [-0.2, -0.15) is 4.31 Å². The SMILES string of the molecule is COc1cc(Br)c(S(=O)(=O)N2C[C@H]3CNC[C@H]3C2)cc1Cl. The van der Waals surface area contributed by atoms with Gasteiger partial charge in [0.05, 0.1) is 17.0 Å². The average Bonchev–Trinajstić information content (AvgIpc) is 3.01. The van der Waals surface area contributed by atoms with Gasteiger partial charge < -0.3 is 10.1 Å². The van der Waals surface area contributed by atoms with E-state index in [0.29, 0.717) is 40.2 Å². The molecule has 0 saturated carbocycles. The largest absolute Gasteiger partial charge is 0.495 e. The third-order valence-electron chi connectivity index (χ3n) is 4.18. The molecule has 2 saturated heterocycles. The lowest BCUT2D eigenvalue weighted by Gasteiger charge is -2.19. The van der Waals surface area contributed by atoms with E-state index >= 15 is 0 Å². The number of benzene rings is 1. The van der Waals surface area contributed by atoms with E-state index in [9.17, 15) is 8.42 Å². The van der Waals surface area contributed by atoms with Crippen LogP contribution in [0, 0.1) is 11.8 Å². The van der Waals surface area contributed by atoms with Gasteiger partial charge in [0.1, 0.15) is 5.75 Å². The summed E-state index contributed by atoms with van der Waals surface area (Å²) in [7, 11) is -2.04. The molecule has 0 amide bonds. The molecule has 1 aromatic rings. The van der Waals surface area contributed by atoms with Crippen molar-refractivity contribution in [2.24, 2.45) is 11.8 Å². The summed E-state index contributed by atoms with van der Waals surface area (Å²) in [6, 6.07) is 3.04. The summed E-state index contributed by atoms with van der Waals surface area (Å²) < 4.78 is 32.8. The fraction of sp³-hybridized carbons (Fsp3) is 0.538. The van der Waals surface area contributed by atoms with Crippen molar-refractivity contribution < 1.29 is 13.2 Å². The smallest absolute Gasteiger partial charge is 0.244 e. The number of rotatable bonds is 3. The summed E-state index contributed by atoms with van der Waals surface area (Å²) in [5, 5.41) is 3.60. The van der Waals surface area contributed by atoms with Crippen LogP contribution in [0.3, 0.4) is 0 Å². The van der Waals surface area contributed by atoms with Crippen LogP contribution in [0.15, 0.2) is 21.5 Å². The summed E-state index contributed by atoms with van der Waals surface area (Å²) in [6.07, 6.45) is 0. The van der Waals surface area contributed by atoms with Crippen LogP contribution in [-0.4, -0.2) is 46.0 Å². The zero-order valence-electron chi connectivity index (χ0n) is 11.5.